The lowest BCUT2D eigenvalue weighted by Gasteiger charge is -2.07. The lowest BCUT2D eigenvalue weighted by molar-refractivity contribution is -0.116. The molecule has 29 heavy (non-hydrogen) atoms. The maximum atomic E-state index is 12.4. The van der Waals surface area contributed by atoms with E-state index in [0.717, 1.165) is 10.2 Å². The van der Waals surface area contributed by atoms with Crippen molar-refractivity contribution in [3.05, 3.63) is 64.8 Å². The molecule has 1 aromatic heterocycles. The van der Waals surface area contributed by atoms with E-state index >= 15 is 0 Å². The smallest absolute Gasteiger partial charge is 0.275 e. The molecule has 9 nitrogen and oxygen atoms in total. The Morgan fingerprint density at radius 1 is 1.21 bits per heavy atom. The fraction of sp³-hybridized carbons (Fsp3) is 0.158. The van der Waals surface area contributed by atoms with E-state index in [4.69, 9.17) is 22.1 Å². The minimum absolute atomic E-state index is 0.000557. The van der Waals surface area contributed by atoms with E-state index in [1.807, 2.05) is 24.3 Å². The SMILES string of the molecule is COc1cccc(CNC(=O)c2nnn(CC(=O)Nc3ccc(Cl)cc3)c2N)c1. The zero-order chi connectivity index (χ0) is 20.8. The van der Waals surface area contributed by atoms with E-state index in [9.17, 15) is 9.59 Å². The number of halogens is 1. The maximum Gasteiger partial charge on any atom is 0.275 e. The van der Waals surface area contributed by atoms with Crippen LogP contribution in [0.1, 0.15) is 16.1 Å². The van der Waals surface area contributed by atoms with Crippen LogP contribution in [0.3, 0.4) is 0 Å². The Bertz CT molecular complexity index is 1020. The molecular formula is C19H19ClN6O3. The van der Waals surface area contributed by atoms with Gasteiger partial charge in [0.1, 0.15) is 12.3 Å². The van der Waals surface area contributed by atoms with Crippen molar-refractivity contribution in [1.29, 1.82) is 0 Å². The first-order chi connectivity index (χ1) is 14.0. The van der Waals surface area contributed by atoms with E-state index in [2.05, 4.69) is 20.9 Å². The van der Waals surface area contributed by atoms with E-state index in [1.54, 1.807) is 31.4 Å². The molecule has 150 valence electrons. The second kappa shape index (κ2) is 9.07. The number of rotatable bonds is 7. The molecule has 1 heterocycles. The predicted octanol–water partition coefficient (Wildman–Crippen LogP) is 2.09. The molecule has 0 saturated carbocycles. The monoisotopic (exact) mass is 414 g/mol. The molecule has 2 aromatic carbocycles. The van der Waals surface area contributed by atoms with Crippen LogP contribution < -0.4 is 21.1 Å². The van der Waals surface area contributed by atoms with Crippen LogP contribution in [-0.4, -0.2) is 33.9 Å². The molecule has 3 aromatic rings. The molecule has 0 atom stereocenters. The first-order valence-corrected chi connectivity index (χ1v) is 8.99. The molecule has 0 radical (unpaired) electrons. The summed E-state index contributed by atoms with van der Waals surface area (Å²) in [5.41, 5.74) is 7.32. The Morgan fingerprint density at radius 3 is 2.69 bits per heavy atom. The summed E-state index contributed by atoms with van der Waals surface area (Å²) in [6, 6.07) is 13.9. The molecule has 0 saturated heterocycles. The summed E-state index contributed by atoms with van der Waals surface area (Å²) in [6.07, 6.45) is 0. The van der Waals surface area contributed by atoms with Gasteiger partial charge in [-0.2, -0.15) is 0 Å². The highest BCUT2D eigenvalue weighted by atomic mass is 35.5. The quantitative estimate of drug-likeness (QED) is 0.543. The molecule has 0 aliphatic carbocycles. The van der Waals surface area contributed by atoms with Gasteiger partial charge in [-0.05, 0) is 42.0 Å². The van der Waals surface area contributed by atoms with Gasteiger partial charge in [-0.3, -0.25) is 9.59 Å². The van der Waals surface area contributed by atoms with Gasteiger partial charge < -0.3 is 21.1 Å². The number of ether oxygens (including phenoxy) is 1. The van der Waals surface area contributed by atoms with Crippen LogP contribution in [0.4, 0.5) is 11.5 Å². The Balaban J connectivity index is 1.59. The Hall–Kier alpha value is -3.59. The van der Waals surface area contributed by atoms with Crippen LogP contribution in [0.5, 0.6) is 5.75 Å². The molecular weight excluding hydrogens is 396 g/mol. The number of benzene rings is 2. The molecule has 10 heteroatoms. The largest absolute Gasteiger partial charge is 0.497 e. The number of aromatic nitrogens is 3. The van der Waals surface area contributed by atoms with Gasteiger partial charge in [0, 0.05) is 17.3 Å². The molecule has 0 unspecified atom stereocenters. The molecule has 0 bridgehead atoms. The first-order valence-electron chi connectivity index (χ1n) is 8.62. The van der Waals surface area contributed by atoms with Crippen LogP contribution in [0.25, 0.3) is 0 Å². The van der Waals surface area contributed by atoms with Crippen LogP contribution >= 0.6 is 11.6 Å². The van der Waals surface area contributed by atoms with Crippen molar-refractivity contribution in [3.8, 4) is 5.75 Å². The maximum absolute atomic E-state index is 12.4. The van der Waals surface area contributed by atoms with Crippen molar-refractivity contribution in [2.45, 2.75) is 13.1 Å². The highest BCUT2D eigenvalue weighted by Crippen LogP contribution is 2.15. The fourth-order valence-electron chi connectivity index (χ4n) is 2.52. The number of hydrogen-bond donors (Lipinski definition) is 3. The van der Waals surface area contributed by atoms with Crippen molar-refractivity contribution in [2.75, 3.05) is 18.2 Å². The van der Waals surface area contributed by atoms with E-state index in [-0.39, 0.29) is 30.5 Å². The van der Waals surface area contributed by atoms with Gasteiger partial charge in [0.15, 0.2) is 11.5 Å². The zero-order valence-electron chi connectivity index (χ0n) is 15.6. The Kier molecular flexibility index (Phi) is 6.30. The third-order valence-electron chi connectivity index (χ3n) is 4.00. The highest BCUT2D eigenvalue weighted by Gasteiger charge is 2.18. The Morgan fingerprint density at radius 2 is 1.97 bits per heavy atom. The van der Waals surface area contributed by atoms with E-state index in [1.165, 1.54) is 0 Å². The third-order valence-corrected chi connectivity index (χ3v) is 4.25. The molecule has 4 N–H and O–H groups in total. The molecule has 0 aliphatic rings. The van der Waals surface area contributed by atoms with Crippen molar-refractivity contribution in [3.63, 3.8) is 0 Å². The fourth-order valence-corrected chi connectivity index (χ4v) is 2.64. The van der Waals surface area contributed by atoms with Gasteiger partial charge >= 0.3 is 0 Å². The summed E-state index contributed by atoms with van der Waals surface area (Å²) in [6.45, 7) is 0.0734. The van der Waals surface area contributed by atoms with Gasteiger partial charge in [0.05, 0.1) is 7.11 Å². The van der Waals surface area contributed by atoms with Crippen molar-refractivity contribution < 1.29 is 14.3 Å². The lowest BCUT2D eigenvalue weighted by Crippen LogP contribution is -2.25. The average molecular weight is 415 g/mol. The highest BCUT2D eigenvalue weighted by molar-refractivity contribution is 6.30. The van der Waals surface area contributed by atoms with E-state index < -0.39 is 5.91 Å². The molecule has 3 rings (SSSR count). The van der Waals surface area contributed by atoms with Crippen LogP contribution in [0.2, 0.25) is 5.02 Å². The number of nitrogens with two attached hydrogens (primary N) is 1. The average Bonchev–Trinajstić information content (AvgIpc) is 3.08. The van der Waals surface area contributed by atoms with Gasteiger partial charge in [0.25, 0.3) is 5.91 Å². The number of amides is 2. The van der Waals surface area contributed by atoms with E-state index in [0.29, 0.717) is 16.5 Å². The number of nitrogens with zero attached hydrogens (tertiary/aromatic N) is 3. The Labute approximate surface area is 171 Å². The summed E-state index contributed by atoms with van der Waals surface area (Å²) in [5.74, 6) is -0.171. The second-order valence-electron chi connectivity index (χ2n) is 6.07. The number of carbonyl (C=O) groups excluding carboxylic acids is 2. The van der Waals surface area contributed by atoms with Crippen LogP contribution in [-0.2, 0) is 17.9 Å². The van der Waals surface area contributed by atoms with Gasteiger partial charge in [-0.15, -0.1) is 5.10 Å². The van der Waals surface area contributed by atoms with Gasteiger partial charge in [0.2, 0.25) is 5.91 Å². The van der Waals surface area contributed by atoms with Crippen LogP contribution in [0.15, 0.2) is 48.5 Å². The summed E-state index contributed by atoms with van der Waals surface area (Å²) in [5, 5.41) is 13.5. The minimum atomic E-state index is -0.491. The minimum Gasteiger partial charge on any atom is -0.497 e. The molecule has 0 fully saturated rings. The second-order valence-corrected chi connectivity index (χ2v) is 6.51. The van der Waals surface area contributed by atoms with Crippen molar-refractivity contribution in [2.24, 2.45) is 0 Å². The molecule has 0 aliphatic heterocycles. The number of nitrogens with one attached hydrogen (secondary N) is 2. The van der Waals surface area contributed by atoms with Gasteiger partial charge in [-0.25, -0.2) is 4.68 Å². The number of nitrogen functional groups attached to an aromatic ring is 1. The van der Waals surface area contributed by atoms with Gasteiger partial charge in [-0.1, -0.05) is 28.9 Å². The topological polar surface area (TPSA) is 124 Å². The standard InChI is InChI=1S/C19H19ClN6O3/c1-29-15-4-2-3-12(9-15)10-22-19(28)17-18(21)26(25-24-17)11-16(27)23-14-7-5-13(20)6-8-14/h2-9H,10-11,21H2,1H3,(H,22,28)(H,23,27). The normalized spacial score (nSPS) is 10.4. The molecule has 0 spiro atoms. The summed E-state index contributed by atoms with van der Waals surface area (Å²) in [7, 11) is 1.57. The summed E-state index contributed by atoms with van der Waals surface area (Å²) in [4.78, 5) is 24.5. The number of anilines is 2. The summed E-state index contributed by atoms with van der Waals surface area (Å²) < 4.78 is 6.31. The van der Waals surface area contributed by atoms with Crippen LogP contribution in [0, 0.1) is 0 Å². The predicted molar refractivity (Wildman–Crippen MR) is 109 cm³/mol. The molecule has 2 amide bonds. The zero-order valence-corrected chi connectivity index (χ0v) is 16.3. The third kappa shape index (κ3) is 5.23. The van der Waals surface area contributed by atoms with Crippen molar-refractivity contribution >= 4 is 34.9 Å². The lowest BCUT2D eigenvalue weighted by atomic mass is 10.2. The first kappa shape index (κ1) is 20.2. The number of hydrogen-bond acceptors (Lipinski definition) is 6. The number of methoxy groups -OCH3 is 1. The summed E-state index contributed by atoms with van der Waals surface area (Å²) >= 11 is 5.82. The van der Waals surface area contributed by atoms with Crippen molar-refractivity contribution in [1.82, 2.24) is 20.3 Å². The number of carbonyl (C=O) groups is 2.